The van der Waals surface area contributed by atoms with Gasteiger partial charge < -0.3 is 19.6 Å². The number of carbonyl (C=O) groups is 1. The molecule has 2 aliphatic rings. The minimum atomic E-state index is -4.77. The molecule has 34 heavy (non-hydrogen) atoms. The van der Waals surface area contributed by atoms with Crippen molar-refractivity contribution in [1.82, 2.24) is 10.4 Å². The number of hydrogen-bond acceptors (Lipinski definition) is 8. The third kappa shape index (κ3) is 5.67. The van der Waals surface area contributed by atoms with Crippen LogP contribution in [0.5, 0.6) is 5.75 Å². The van der Waals surface area contributed by atoms with Gasteiger partial charge in [0, 0.05) is 44.1 Å². The summed E-state index contributed by atoms with van der Waals surface area (Å²) in [6.07, 6.45) is -3.25. The van der Waals surface area contributed by atoms with Crippen molar-refractivity contribution in [3.63, 3.8) is 0 Å². The zero-order valence-corrected chi connectivity index (χ0v) is 19.0. The lowest BCUT2D eigenvalue weighted by molar-refractivity contribution is -0.274. The van der Waals surface area contributed by atoms with Crippen molar-refractivity contribution in [2.75, 3.05) is 42.5 Å². The molecule has 2 saturated heterocycles. The molecule has 3 N–H and O–H groups in total. The second-order valence-corrected chi connectivity index (χ2v) is 9.19. The fraction of sp³-hybridized carbons (Fsp3) is 0.421. The highest BCUT2D eigenvalue weighted by Crippen LogP contribution is 2.40. The second-order valence-electron chi connectivity index (χ2n) is 7.78. The SMILES string of the molecule is N=C(/N=N\NCC(=O)O)c1cnc(N2CC3CN(c4cc(OC(F)(F)F)ccc4Cl)CC3C2)s1. The number of rotatable bonds is 7. The summed E-state index contributed by atoms with van der Waals surface area (Å²) in [5.41, 5.74) is 2.73. The van der Waals surface area contributed by atoms with Gasteiger partial charge in [-0.05, 0) is 12.1 Å². The molecule has 0 spiro atoms. The molecule has 15 heteroatoms. The number of anilines is 2. The Balaban J connectivity index is 1.36. The standard InChI is InChI=1S/C19H19ClF3N7O3S/c20-13-2-1-12(33-19(21,22)23)3-14(13)29-6-10-8-30(9-11(10)7-29)18-25-4-15(34-18)17(24)27-28-26-5-16(31)32/h1-4,10-11H,5-9H2,(H,31,32)(H2,24,26,27). The molecule has 1 aromatic heterocycles. The van der Waals surface area contributed by atoms with E-state index in [4.69, 9.17) is 22.1 Å². The molecule has 182 valence electrons. The number of hydrogen-bond donors (Lipinski definition) is 3. The Bertz CT molecular complexity index is 1100. The number of nitrogens with zero attached hydrogens (tertiary/aromatic N) is 5. The van der Waals surface area contributed by atoms with E-state index in [1.807, 2.05) is 4.90 Å². The molecule has 0 saturated carbocycles. The summed E-state index contributed by atoms with van der Waals surface area (Å²) in [5.74, 6) is -0.986. The summed E-state index contributed by atoms with van der Waals surface area (Å²) in [4.78, 5) is 19.4. The van der Waals surface area contributed by atoms with Crippen LogP contribution in [0, 0.1) is 17.2 Å². The van der Waals surface area contributed by atoms with Crippen LogP contribution in [-0.4, -0.2) is 61.0 Å². The average Bonchev–Trinajstić information content (AvgIpc) is 3.45. The number of carboxylic acids is 1. The van der Waals surface area contributed by atoms with Crippen LogP contribution in [0.1, 0.15) is 4.88 Å². The largest absolute Gasteiger partial charge is 0.573 e. The van der Waals surface area contributed by atoms with Gasteiger partial charge >= 0.3 is 12.3 Å². The summed E-state index contributed by atoms with van der Waals surface area (Å²) in [6.45, 7) is 2.28. The molecule has 10 nitrogen and oxygen atoms in total. The van der Waals surface area contributed by atoms with Crippen molar-refractivity contribution in [2.24, 2.45) is 22.2 Å². The van der Waals surface area contributed by atoms with Gasteiger partial charge in [0.2, 0.25) is 0 Å². The van der Waals surface area contributed by atoms with Gasteiger partial charge in [0.05, 0.1) is 21.8 Å². The fourth-order valence-electron chi connectivity index (χ4n) is 4.04. The molecule has 3 heterocycles. The van der Waals surface area contributed by atoms with Gasteiger partial charge in [0.1, 0.15) is 12.3 Å². The van der Waals surface area contributed by atoms with E-state index in [2.05, 4.69) is 30.4 Å². The molecule has 0 bridgehead atoms. The van der Waals surface area contributed by atoms with Crippen molar-refractivity contribution in [3.8, 4) is 5.75 Å². The number of fused-ring (bicyclic) bond motifs is 1. The number of nitrogens with one attached hydrogen (secondary N) is 2. The molecule has 2 aliphatic heterocycles. The number of alkyl halides is 3. The predicted molar refractivity (Wildman–Crippen MR) is 119 cm³/mol. The molecule has 1 aromatic carbocycles. The maximum atomic E-state index is 12.6. The Morgan fingerprint density at radius 3 is 2.62 bits per heavy atom. The Labute approximate surface area is 200 Å². The number of amidine groups is 1. The fourth-order valence-corrected chi connectivity index (χ4v) is 5.10. The minimum Gasteiger partial charge on any atom is -0.480 e. The normalized spacial score (nSPS) is 20.1. The molecule has 2 atom stereocenters. The van der Waals surface area contributed by atoms with Crippen LogP contribution in [0.15, 0.2) is 34.7 Å². The summed E-state index contributed by atoms with van der Waals surface area (Å²) in [5, 5.41) is 24.7. The first-order valence-corrected chi connectivity index (χ1v) is 11.2. The highest BCUT2D eigenvalue weighted by atomic mass is 35.5. The Hall–Kier alpha value is -3.13. The average molecular weight is 518 g/mol. The van der Waals surface area contributed by atoms with Crippen molar-refractivity contribution in [3.05, 3.63) is 34.3 Å². The Kier molecular flexibility index (Phi) is 6.79. The number of benzene rings is 1. The van der Waals surface area contributed by atoms with Crippen LogP contribution in [0.2, 0.25) is 5.02 Å². The maximum absolute atomic E-state index is 12.6. The molecule has 2 aromatic rings. The van der Waals surface area contributed by atoms with Gasteiger partial charge in [-0.2, -0.15) is 0 Å². The second kappa shape index (κ2) is 9.62. The van der Waals surface area contributed by atoms with Crippen molar-refractivity contribution in [2.45, 2.75) is 6.36 Å². The van der Waals surface area contributed by atoms with E-state index < -0.39 is 18.9 Å². The molecular formula is C19H19ClF3N7O3S. The van der Waals surface area contributed by atoms with Crippen molar-refractivity contribution < 1.29 is 27.8 Å². The number of thiazole rings is 1. The first-order valence-electron chi connectivity index (χ1n) is 10.0. The van der Waals surface area contributed by atoms with Crippen LogP contribution in [0.25, 0.3) is 0 Å². The predicted octanol–water partition coefficient (Wildman–Crippen LogP) is 3.63. The Morgan fingerprint density at radius 1 is 1.29 bits per heavy atom. The molecule has 0 radical (unpaired) electrons. The van der Waals surface area contributed by atoms with E-state index in [1.165, 1.54) is 35.7 Å². The van der Waals surface area contributed by atoms with Gasteiger partial charge in [-0.1, -0.05) is 28.2 Å². The van der Waals surface area contributed by atoms with E-state index in [0.29, 0.717) is 41.8 Å². The van der Waals surface area contributed by atoms with E-state index in [-0.39, 0.29) is 23.4 Å². The number of aromatic nitrogens is 1. The quantitative estimate of drug-likeness (QED) is 0.221. The summed E-state index contributed by atoms with van der Waals surface area (Å²) in [6, 6.07) is 3.91. The van der Waals surface area contributed by atoms with Gasteiger partial charge in [0.25, 0.3) is 0 Å². The molecule has 2 fully saturated rings. The molecule has 4 rings (SSSR count). The summed E-state index contributed by atoms with van der Waals surface area (Å²) < 4.78 is 41.7. The van der Waals surface area contributed by atoms with Gasteiger partial charge in [-0.3, -0.25) is 15.6 Å². The van der Waals surface area contributed by atoms with Gasteiger partial charge in [-0.25, -0.2) is 4.98 Å². The Morgan fingerprint density at radius 2 is 1.97 bits per heavy atom. The van der Waals surface area contributed by atoms with E-state index in [9.17, 15) is 18.0 Å². The van der Waals surface area contributed by atoms with Crippen LogP contribution in [0.3, 0.4) is 0 Å². The monoisotopic (exact) mass is 517 g/mol. The summed E-state index contributed by atoms with van der Waals surface area (Å²) in [7, 11) is 0. The van der Waals surface area contributed by atoms with Crippen LogP contribution >= 0.6 is 22.9 Å². The van der Waals surface area contributed by atoms with E-state index >= 15 is 0 Å². The third-order valence-corrected chi connectivity index (χ3v) is 6.81. The number of aliphatic carboxylic acids is 1. The van der Waals surface area contributed by atoms with Gasteiger partial charge in [-0.15, -0.1) is 18.3 Å². The lowest BCUT2D eigenvalue weighted by Crippen LogP contribution is -2.28. The zero-order valence-electron chi connectivity index (χ0n) is 17.4. The van der Waals surface area contributed by atoms with Crippen LogP contribution in [-0.2, 0) is 4.79 Å². The van der Waals surface area contributed by atoms with Gasteiger partial charge in [0.15, 0.2) is 11.0 Å². The molecular weight excluding hydrogens is 499 g/mol. The summed E-state index contributed by atoms with van der Waals surface area (Å²) >= 11 is 7.54. The lowest BCUT2D eigenvalue weighted by atomic mass is 10.0. The highest BCUT2D eigenvalue weighted by Gasteiger charge is 2.41. The number of halogens is 4. The first kappa shape index (κ1) is 24.0. The zero-order chi connectivity index (χ0) is 24.5. The molecule has 2 unspecified atom stereocenters. The lowest BCUT2D eigenvalue weighted by Gasteiger charge is -2.24. The van der Waals surface area contributed by atoms with E-state index in [0.717, 1.165) is 5.13 Å². The molecule has 0 aliphatic carbocycles. The highest BCUT2D eigenvalue weighted by molar-refractivity contribution is 7.17. The topological polar surface area (TPSA) is 126 Å². The molecule has 0 amide bonds. The maximum Gasteiger partial charge on any atom is 0.573 e. The first-order chi connectivity index (χ1) is 16.1. The number of carboxylic acid groups (broad SMARTS) is 1. The van der Waals surface area contributed by atoms with Crippen molar-refractivity contribution >= 4 is 45.6 Å². The third-order valence-electron chi connectivity index (χ3n) is 5.43. The van der Waals surface area contributed by atoms with Crippen LogP contribution in [0.4, 0.5) is 24.0 Å². The number of ether oxygens (including phenoxy) is 1. The smallest absolute Gasteiger partial charge is 0.480 e. The van der Waals surface area contributed by atoms with Crippen LogP contribution < -0.4 is 20.0 Å². The van der Waals surface area contributed by atoms with E-state index in [1.54, 1.807) is 0 Å². The minimum absolute atomic E-state index is 0.136. The van der Waals surface area contributed by atoms with Crippen molar-refractivity contribution in [1.29, 1.82) is 5.41 Å².